The topological polar surface area (TPSA) is 26.3 Å². The predicted octanol–water partition coefficient (Wildman–Crippen LogP) is 3.55. The van der Waals surface area contributed by atoms with Gasteiger partial charge in [-0.15, -0.1) is 11.8 Å². The Morgan fingerprint density at radius 3 is 2.59 bits per heavy atom. The second kappa shape index (κ2) is 5.54. The molecule has 1 rings (SSSR count). The van der Waals surface area contributed by atoms with Crippen molar-refractivity contribution in [3.05, 3.63) is 29.6 Å². The number of ketones is 1. The van der Waals surface area contributed by atoms with Crippen molar-refractivity contribution in [3.63, 3.8) is 0 Å². The van der Waals surface area contributed by atoms with Gasteiger partial charge in [0.15, 0.2) is 5.78 Å². The average molecular weight is 256 g/mol. The molecule has 4 heteroatoms. The lowest BCUT2D eigenvalue weighted by Gasteiger charge is -2.17. The number of thioether (sulfide) groups is 1. The monoisotopic (exact) mass is 256 g/mol. The molecular weight excluding hydrogens is 239 g/mol. The number of hydrogen-bond donors (Lipinski definition) is 0. The van der Waals surface area contributed by atoms with E-state index in [1.807, 2.05) is 20.8 Å². The highest BCUT2D eigenvalue weighted by Gasteiger charge is 2.17. The molecule has 0 atom stereocenters. The van der Waals surface area contributed by atoms with E-state index in [4.69, 9.17) is 4.74 Å². The van der Waals surface area contributed by atoms with E-state index in [2.05, 4.69) is 0 Å². The molecule has 0 aliphatic carbocycles. The number of carbonyl (C=O) groups is 1. The van der Waals surface area contributed by atoms with Crippen LogP contribution in [0.2, 0.25) is 0 Å². The van der Waals surface area contributed by atoms with Crippen molar-refractivity contribution < 1.29 is 13.9 Å². The number of Topliss-reactive ketones (excluding diaryl/α,β-unsaturated/α-hetero) is 1. The van der Waals surface area contributed by atoms with Crippen LogP contribution in [0.25, 0.3) is 0 Å². The lowest BCUT2D eigenvalue weighted by Crippen LogP contribution is -2.13. The number of halogens is 1. The summed E-state index contributed by atoms with van der Waals surface area (Å²) in [7, 11) is 1.47. The van der Waals surface area contributed by atoms with Gasteiger partial charge in [0.1, 0.15) is 11.6 Å². The minimum Gasteiger partial charge on any atom is -0.496 e. The summed E-state index contributed by atoms with van der Waals surface area (Å²) in [5, 5.41) is 0. The maximum Gasteiger partial charge on any atom is 0.176 e. The van der Waals surface area contributed by atoms with Crippen LogP contribution in [0.3, 0.4) is 0 Å². The Balaban J connectivity index is 2.84. The minimum atomic E-state index is -0.421. The van der Waals surface area contributed by atoms with Gasteiger partial charge in [0.2, 0.25) is 0 Å². The van der Waals surface area contributed by atoms with Crippen molar-refractivity contribution >= 4 is 17.5 Å². The molecule has 0 aliphatic rings. The van der Waals surface area contributed by atoms with E-state index >= 15 is 0 Å². The quantitative estimate of drug-likeness (QED) is 0.771. The molecule has 0 aliphatic heterocycles. The van der Waals surface area contributed by atoms with Gasteiger partial charge in [0.05, 0.1) is 18.4 Å². The van der Waals surface area contributed by atoms with Crippen LogP contribution in [0.5, 0.6) is 5.75 Å². The Morgan fingerprint density at radius 1 is 1.41 bits per heavy atom. The maximum absolute atomic E-state index is 13.1. The Hall–Kier alpha value is -1.03. The second-order valence-corrected chi connectivity index (χ2v) is 6.47. The lowest BCUT2D eigenvalue weighted by atomic mass is 10.1. The molecule has 0 fully saturated rings. The van der Waals surface area contributed by atoms with E-state index in [9.17, 15) is 9.18 Å². The van der Waals surface area contributed by atoms with Gasteiger partial charge in [-0.05, 0) is 18.2 Å². The molecule has 0 aromatic heterocycles. The summed E-state index contributed by atoms with van der Waals surface area (Å²) in [4.78, 5) is 12.0. The summed E-state index contributed by atoms with van der Waals surface area (Å²) in [6.45, 7) is 6.11. The normalized spacial score (nSPS) is 11.4. The van der Waals surface area contributed by atoms with Gasteiger partial charge in [-0.1, -0.05) is 20.8 Å². The number of methoxy groups -OCH3 is 1. The first kappa shape index (κ1) is 14.0. The smallest absolute Gasteiger partial charge is 0.176 e. The lowest BCUT2D eigenvalue weighted by molar-refractivity contribution is 0.101. The summed E-state index contributed by atoms with van der Waals surface area (Å²) in [5.41, 5.74) is 0.309. The largest absolute Gasteiger partial charge is 0.496 e. The van der Waals surface area contributed by atoms with E-state index in [0.29, 0.717) is 17.1 Å². The van der Waals surface area contributed by atoms with Crippen molar-refractivity contribution in [1.29, 1.82) is 0 Å². The van der Waals surface area contributed by atoms with Gasteiger partial charge >= 0.3 is 0 Å². The third kappa shape index (κ3) is 4.38. The van der Waals surface area contributed by atoms with Crippen LogP contribution >= 0.6 is 11.8 Å². The van der Waals surface area contributed by atoms with Gasteiger partial charge in [0.25, 0.3) is 0 Å². The highest BCUT2D eigenvalue weighted by molar-refractivity contribution is 8.01. The van der Waals surface area contributed by atoms with E-state index in [-0.39, 0.29) is 10.5 Å². The third-order valence-corrected chi connectivity index (χ3v) is 3.37. The molecule has 1 aromatic carbocycles. The first-order valence-electron chi connectivity index (χ1n) is 5.34. The summed E-state index contributed by atoms with van der Waals surface area (Å²) >= 11 is 1.53. The molecule has 17 heavy (non-hydrogen) atoms. The second-order valence-electron chi connectivity index (χ2n) is 4.67. The Labute approximate surface area is 106 Å². The summed E-state index contributed by atoms with van der Waals surface area (Å²) < 4.78 is 18.2. The van der Waals surface area contributed by atoms with Crippen LogP contribution in [0.15, 0.2) is 18.2 Å². The fourth-order valence-corrected chi connectivity index (χ4v) is 1.98. The first-order valence-corrected chi connectivity index (χ1v) is 6.33. The minimum absolute atomic E-state index is 0.0101. The molecule has 0 saturated carbocycles. The molecule has 1 aromatic rings. The van der Waals surface area contributed by atoms with Crippen molar-refractivity contribution in [2.45, 2.75) is 25.5 Å². The maximum atomic E-state index is 13.1. The van der Waals surface area contributed by atoms with Crippen molar-refractivity contribution in [3.8, 4) is 5.75 Å². The molecule has 0 spiro atoms. The molecule has 0 unspecified atom stereocenters. The molecule has 0 N–H and O–H groups in total. The van der Waals surface area contributed by atoms with Crippen LogP contribution in [0, 0.1) is 5.82 Å². The van der Waals surface area contributed by atoms with Crippen molar-refractivity contribution in [2.24, 2.45) is 0 Å². The number of ether oxygens (including phenoxy) is 1. The molecule has 2 nitrogen and oxygen atoms in total. The van der Waals surface area contributed by atoms with Crippen LogP contribution in [-0.2, 0) is 0 Å². The highest BCUT2D eigenvalue weighted by atomic mass is 32.2. The van der Waals surface area contributed by atoms with Crippen molar-refractivity contribution in [1.82, 2.24) is 0 Å². The molecule has 0 heterocycles. The zero-order valence-corrected chi connectivity index (χ0v) is 11.4. The molecule has 0 amide bonds. The van der Waals surface area contributed by atoms with Crippen molar-refractivity contribution in [2.75, 3.05) is 12.9 Å². The third-order valence-electron chi connectivity index (χ3n) is 2.10. The Bertz CT molecular complexity index is 410. The van der Waals surface area contributed by atoms with Gasteiger partial charge in [-0.3, -0.25) is 4.79 Å². The number of rotatable bonds is 4. The fraction of sp³-hybridized carbons (Fsp3) is 0.462. The highest BCUT2D eigenvalue weighted by Crippen LogP contribution is 2.26. The standard InChI is InChI=1S/C13H17FO2S/c1-13(2,3)17-8-11(15)10-7-9(14)5-6-12(10)16-4/h5-7H,8H2,1-4H3. The van der Waals surface area contributed by atoms with Gasteiger partial charge in [-0.25, -0.2) is 4.39 Å². The molecule has 94 valence electrons. The first-order chi connectivity index (χ1) is 7.83. The van der Waals surface area contributed by atoms with E-state index in [1.54, 1.807) is 0 Å². The van der Waals surface area contributed by atoms with Gasteiger partial charge in [-0.2, -0.15) is 0 Å². The van der Waals surface area contributed by atoms with Gasteiger partial charge in [0, 0.05) is 4.75 Å². The zero-order chi connectivity index (χ0) is 13.1. The Morgan fingerprint density at radius 2 is 2.06 bits per heavy atom. The molecule has 0 bridgehead atoms. The zero-order valence-electron chi connectivity index (χ0n) is 10.5. The SMILES string of the molecule is COc1ccc(F)cc1C(=O)CSC(C)(C)C. The Kier molecular flexibility index (Phi) is 4.57. The fourth-order valence-electron chi connectivity index (χ4n) is 1.26. The van der Waals surface area contributed by atoms with Crippen LogP contribution in [0.1, 0.15) is 31.1 Å². The summed E-state index contributed by atoms with van der Waals surface area (Å²) in [6, 6.07) is 3.99. The van der Waals surface area contributed by atoms with E-state index in [1.165, 1.54) is 37.1 Å². The van der Waals surface area contributed by atoms with Crippen LogP contribution < -0.4 is 4.74 Å². The van der Waals surface area contributed by atoms with E-state index < -0.39 is 5.82 Å². The average Bonchev–Trinajstić information content (AvgIpc) is 2.25. The van der Waals surface area contributed by atoms with Crippen LogP contribution in [0.4, 0.5) is 4.39 Å². The predicted molar refractivity (Wildman–Crippen MR) is 69.5 cm³/mol. The molecular formula is C13H17FO2S. The number of benzene rings is 1. The molecule has 0 radical (unpaired) electrons. The van der Waals surface area contributed by atoms with Crippen LogP contribution in [-0.4, -0.2) is 23.4 Å². The summed E-state index contributed by atoms with van der Waals surface area (Å²) in [6.07, 6.45) is 0. The summed E-state index contributed by atoms with van der Waals surface area (Å²) in [5.74, 6) is 0.214. The number of hydrogen-bond acceptors (Lipinski definition) is 3. The molecule has 0 saturated heterocycles. The van der Waals surface area contributed by atoms with E-state index in [0.717, 1.165) is 0 Å². The number of carbonyl (C=O) groups excluding carboxylic acids is 1. The van der Waals surface area contributed by atoms with Gasteiger partial charge < -0.3 is 4.74 Å².